The van der Waals surface area contributed by atoms with Crippen LogP contribution in [-0.4, -0.2) is 75.2 Å². The fraction of sp³-hybridized carbons (Fsp3) is 0.176. The van der Waals surface area contributed by atoms with Gasteiger partial charge in [0.05, 0.1) is 21.6 Å². The zero-order chi connectivity index (χ0) is 36.5. The average Bonchev–Trinajstić information content (AvgIpc) is 3.98. The highest BCUT2D eigenvalue weighted by atomic mass is 35.5. The van der Waals surface area contributed by atoms with Crippen molar-refractivity contribution in [2.75, 3.05) is 26.2 Å². The van der Waals surface area contributed by atoms with E-state index in [2.05, 4.69) is 41.5 Å². The van der Waals surface area contributed by atoms with Crippen LogP contribution < -0.4 is 21.3 Å². The number of aromatic nitrogens is 4. The third-order valence-corrected chi connectivity index (χ3v) is 9.29. The SMILES string of the molecule is O=C(NCCCNC(=O)c1cc(-c2cc(-c3cc(Cl)cc(C(=O)NCCCNC(=O)c4cc(-c5cccs5)on4)n3)cs2)on1)c1ccc(O)cn1. The Morgan fingerprint density at radius 3 is 1.87 bits per heavy atom. The maximum atomic E-state index is 12.9. The summed E-state index contributed by atoms with van der Waals surface area (Å²) in [5.41, 5.74) is 1.70. The minimum Gasteiger partial charge on any atom is -0.506 e. The van der Waals surface area contributed by atoms with Gasteiger partial charge in [-0.3, -0.25) is 19.2 Å². The van der Waals surface area contributed by atoms with E-state index in [9.17, 15) is 24.3 Å². The van der Waals surface area contributed by atoms with Gasteiger partial charge >= 0.3 is 0 Å². The predicted molar refractivity (Wildman–Crippen MR) is 192 cm³/mol. The lowest BCUT2D eigenvalue weighted by Crippen LogP contribution is -2.30. The van der Waals surface area contributed by atoms with E-state index in [0.717, 1.165) is 4.88 Å². The molecule has 4 amide bonds. The Morgan fingerprint density at radius 2 is 1.29 bits per heavy atom. The van der Waals surface area contributed by atoms with Gasteiger partial charge in [0.1, 0.15) is 17.1 Å². The van der Waals surface area contributed by atoms with Gasteiger partial charge in [0, 0.05) is 54.3 Å². The van der Waals surface area contributed by atoms with Crippen LogP contribution in [0, 0.1) is 0 Å². The van der Waals surface area contributed by atoms with Gasteiger partial charge < -0.3 is 35.4 Å². The van der Waals surface area contributed by atoms with E-state index < -0.39 is 17.7 Å². The molecule has 0 radical (unpaired) electrons. The number of pyridine rings is 2. The van der Waals surface area contributed by atoms with Crippen molar-refractivity contribution in [1.82, 2.24) is 41.5 Å². The highest BCUT2D eigenvalue weighted by molar-refractivity contribution is 7.14. The molecule has 266 valence electrons. The number of rotatable bonds is 15. The molecule has 0 atom stereocenters. The second-order valence-corrected chi connectivity index (χ2v) is 13.3. The molecule has 0 spiro atoms. The van der Waals surface area contributed by atoms with Crippen LogP contribution in [0.25, 0.3) is 32.5 Å². The molecule has 0 unspecified atom stereocenters. The molecule has 52 heavy (non-hydrogen) atoms. The summed E-state index contributed by atoms with van der Waals surface area (Å²) < 4.78 is 10.7. The number of thiophene rings is 2. The summed E-state index contributed by atoms with van der Waals surface area (Å²) in [5.74, 6) is -0.775. The first-order valence-corrected chi connectivity index (χ1v) is 17.9. The summed E-state index contributed by atoms with van der Waals surface area (Å²) in [6.07, 6.45) is 2.11. The molecule has 5 N–H and O–H groups in total. The number of carbonyl (C=O) groups excluding carboxylic acids is 4. The van der Waals surface area contributed by atoms with Crippen molar-refractivity contribution in [1.29, 1.82) is 0 Å². The van der Waals surface area contributed by atoms with Crippen LogP contribution in [0.5, 0.6) is 5.75 Å². The van der Waals surface area contributed by atoms with Crippen molar-refractivity contribution in [3.8, 4) is 38.3 Å². The number of halogens is 1. The molecular formula is C34H29ClN8O7S2. The molecule has 0 saturated carbocycles. The van der Waals surface area contributed by atoms with E-state index in [-0.39, 0.29) is 47.5 Å². The first kappa shape index (κ1) is 35.9. The first-order chi connectivity index (χ1) is 25.2. The standard InChI is InChI=1S/C34H29ClN8O7S2/c35-20-13-23(41-24(14-20)32(46)37-8-3-10-38-33(47)25-15-27(49-42-25)29-4-1-11-51-29)19-12-30(52-18-19)28-16-26(43-50-28)34(48)39-9-2-7-36-31(45)22-6-5-21(44)17-40-22/h1,4-6,11-18,44H,2-3,7-10H2,(H,36,45)(H,37,46)(H,38,47)(H,39,48). The Morgan fingerprint density at radius 1 is 0.692 bits per heavy atom. The summed E-state index contributed by atoms with van der Waals surface area (Å²) in [5, 5.41) is 32.0. The lowest BCUT2D eigenvalue weighted by Gasteiger charge is -2.07. The number of carbonyl (C=O) groups is 4. The Bertz CT molecular complexity index is 2180. The van der Waals surface area contributed by atoms with E-state index in [1.165, 1.54) is 53.1 Å². The molecule has 0 bridgehead atoms. The normalized spacial score (nSPS) is 10.9. The van der Waals surface area contributed by atoms with Gasteiger partial charge in [-0.05, 0) is 54.6 Å². The molecule has 6 aromatic heterocycles. The fourth-order valence-electron chi connectivity index (χ4n) is 4.64. The number of nitrogens with zero attached hydrogens (tertiary/aromatic N) is 4. The van der Waals surface area contributed by atoms with E-state index in [1.54, 1.807) is 18.2 Å². The number of nitrogens with one attached hydrogen (secondary N) is 4. The van der Waals surface area contributed by atoms with Gasteiger partial charge in [0.25, 0.3) is 23.6 Å². The van der Waals surface area contributed by atoms with Crippen molar-refractivity contribution in [2.45, 2.75) is 12.8 Å². The monoisotopic (exact) mass is 760 g/mol. The van der Waals surface area contributed by atoms with Crippen molar-refractivity contribution in [3.63, 3.8) is 0 Å². The molecule has 0 aliphatic rings. The maximum Gasteiger partial charge on any atom is 0.273 e. The first-order valence-electron chi connectivity index (χ1n) is 15.8. The summed E-state index contributed by atoms with van der Waals surface area (Å²) in [4.78, 5) is 59.9. The minimum atomic E-state index is -0.439. The summed E-state index contributed by atoms with van der Waals surface area (Å²) in [6, 6.07) is 14.5. The Kier molecular flexibility index (Phi) is 11.6. The van der Waals surface area contributed by atoms with Crippen LogP contribution >= 0.6 is 34.3 Å². The van der Waals surface area contributed by atoms with Crippen molar-refractivity contribution in [3.05, 3.63) is 99.4 Å². The van der Waals surface area contributed by atoms with Gasteiger partial charge in [-0.15, -0.1) is 22.7 Å². The maximum absolute atomic E-state index is 12.9. The largest absolute Gasteiger partial charge is 0.506 e. The Balaban J connectivity index is 0.946. The molecule has 15 nitrogen and oxygen atoms in total. The summed E-state index contributed by atoms with van der Waals surface area (Å²) >= 11 is 9.16. The molecule has 6 rings (SSSR count). The van der Waals surface area contributed by atoms with Gasteiger partial charge in [-0.25, -0.2) is 9.97 Å². The third-order valence-electron chi connectivity index (χ3n) is 7.24. The van der Waals surface area contributed by atoms with Crippen LogP contribution in [-0.2, 0) is 0 Å². The smallest absolute Gasteiger partial charge is 0.273 e. The molecule has 6 aromatic rings. The van der Waals surface area contributed by atoms with E-state index >= 15 is 0 Å². The number of hydrogen-bond acceptors (Lipinski definition) is 13. The predicted octanol–water partition coefficient (Wildman–Crippen LogP) is 5.04. The molecule has 0 aromatic carbocycles. The van der Waals surface area contributed by atoms with Gasteiger partial charge in [0.2, 0.25) is 0 Å². The third kappa shape index (κ3) is 9.25. The number of hydrogen-bond donors (Lipinski definition) is 5. The number of aromatic hydroxyl groups is 1. The van der Waals surface area contributed by atoms with Gasteiger partial charge in [-0.1, -0.05) is 28.0 Å². The minimum absolute atomic E-state index is 0.0354. The molecule has 0 saturated heterocycles. The highest BCUT2D eigenvalue weighted by Crippen LogP contribution is 2.33. The second-order valence-electron chi connectivity index (χ2n) is 11.0. The van der Waals surface area contributed by atoms with Crippen LogP contribution in [0.2, 0.25) is 5.02 Å². The van der Waals surface area contributed by atoms with Crippen molar-refractivity contribution >= 4 is 57.9 Å². The zero-order valence-electron chi connectivity index (χ0n) is 27.1. The molecule has 0 fully saturated rings. The molecular weight excluding hydrogens is 732 g/mol. The zero-order valence-corrected chi connectivity index (χ0v) is 29.4. The van der Waals surface area contributed by atoms with Crippen molar-refractivity contribution in [2.24, 2.45) is 0 Å². The topological polar surface area (TPSA) is 214 Å². The summed E-state index contributed by atoms with van der Waals surface area (Å²) in [6.45, 7) is 1.16. The molecule has 0 aliphatic carbocycles. The van der Waals surface area contributed by atoms with Crippen LogP contribution in [0.1, 0.15) is 54.8 Å². The lowest BCUT2D eigenvalue weighted by atomic mass is 10.2. The van der Waals surface area contributed by atoms with Crippen LogP contribution in [0.3, 0.4) is 0 Å². The Labute approximate surface area is 308 Å². The van der Waals surface area contributed by atoms with Crippen molar-refractivity contribution < 1.29 is 33.3 Å². The van der Waals surface area contributed by atoms with Crippen LogP contribution in [0.15, 0.2) is 80.6 Å². The average molecular weight is 761 g/mol. The highest BCUT2D eigenvalue weighted by Gasteiger charge is 2.18. The lowest BCUT2D eigenvalue weighted by molar-refractivity contribution is 0.0928. The molecule has 0 aliphatic heterocycles. The van der Waals surface area contributed by atoms with E-state index in [4.69, 9.17) is 20.6 Å². The van der Waals surface area contributed by atoms with E-state index in [1.807, 2.05) is 22.9 Å². The van der Waals surface area contributed by atoms with Crippen LogP contribution in [0.4, 0.5) is 0 Å². The fourth-order valence-corrected chi connectivity index (χ4v) is 6.37. The molecule has 6 heterocycles. The number of amides is 4. The summed E-state index contributed by atoms with van der Waals surface area (Å²) in [7, 11) is 0. The van der Waals surface area contributed by atoms with Gasteiger partial charge in [0.15, 0.2) is 22.9 Å². The second kappa shape index (κ2) is 16.9. The Hall–Kier alpha value is -5.91. The quantitative estimate of drug-likeness (QED) is 0.0875. The van der Waals surface area contributed by atoms with E-state index in [0.29, 0.717) is 58.6 Å². The van der Waals surface area contributed by atoms with Gasteiger partial charge in [-0.2, -0.15) is 0 Å². The molecule has 18 heteroatoms.